The normalized spacial score (nSPS) is 11.5. The van der Waals surface area contributed by atoms with E-state index in [1.165, 1.54) is 12.0 Å². The molecule has 6 heteroatoms. The highest BCUT2D eigenvalue weighted by Gasteiger charge is 2.07. The SMILES string of the molecule is CN(C)Cc1ccc(CN=Nc2ccc(-c3cnco3)c(I)c2)cc1. The van der Waals surface area contributed by atoms with Gasteiger partial charge in [0.25, 0.3) is 0 Å². The lowest BCUT2D eigenvalue weighted by Gasteiger charge is -2.09. The molecule has 0 atom stereocenters. The van der Waals surface area contributed by atoms with E-state index < -0.39 is 0 Å². The summed E-state index contributed by atoms with van der Waals surface area (Å²) >= 11 is 2.27. The molecule has 0 radical (unpaired) electrons. The highest BCUT2D eigenvalue weighted by molar-refractivity contribution is 14.1. The molecule has 25 heavy (non-hydrogen) atoms. The number of azo groups is 1. The molecule has 0 saturated carbocycles. The molecule has 1 aromatic heterocycles. The first-order valence-electron chi connectivity index (χ1n) is 7.90. The third kappa shape index (κ3) is 4.96. The van der Waals surface area contributed by atoms with Gasteiger partial charge >= 0.3 is 0 Å². The Morgan fingerprint density at radius 2 is 1.84 bits per heavy atom. The maximum Gasteiger partial charge on any atom is 0.181 e. The van der Waals surface area contributed by atoms with Gasteiger partial charge in [0.1, 0.15) is 0 Å². The van der Waals surface area contributed by atoms with E-state index >= 15 is 0 Å². The van der Waals surface area contributed by atoms with Gasteiger partial charge in [-0.15, -0.1) is 0 Å². The quantitative estimate of drug-likeness (QED) is 0.382. The molecular formula is C19H19IN4O. The van der Waals surface area contributed by atoms with E-state index in [1.54, 1.807) is 6.20 Å². The summed E-state index contributed by atoms with van der Waals surface area (Å²) in [5, 5.41) is 8.63. The third-order valence-electron chi connectivity index (χ3n) is 3.61. The minimum Gasteiger partial charge on any atom is -0.443 e. The van der Waals surface area contributed by atoms with Gasteiger partial charge in [-0.2, -0.15) is 10.2 Å². The summed E-state index contributed by atoms with van der Waals surface area (Å²) in [5.74, 6) is 0.755. The second-order valence-corrected chi connectivity index (χ2v) is 7.15. The van der Waals surface area contributed by atoms with E-state index in [4.69, 9.17) is 4.42 Å². The minimum atomic E-state index is 0.572. The Kier molecular flexibility index (Phi) is 5.93. The van der Waals surface area contributed by atoms with Crippen molar-refractivity contribution >= 4 is 28.3 Å². The summed E-state index contributed by atoms with van der Waals surface area (Å²) < 4.78 is 6.39. The van der Waals surface area contributed by atoms with E-state index in [0.29, 0.717) is 6.54 Å². The molecule has 0 aliphatic heterocycles. The van der Waals surface area contributed by atoms with Crippen LogP contribution in [0.3, 0.4) is 0 Å². The van der Waals surface area contributed by atoms with Crippen molar-refractivity contribution in [3.05, 3.63) is 69.8 Å². The maximum atomic E-state index is 5.34. The molecule has 0 unspecified atom stereocenters. The molecule has 0 bridgehead atoms. The lowest BCUT2D eigenvalue weighted by atomic mass is 10.1. The van der Waals surface area contributed by atoms with Crippen molar-refractivity contribution in [2.45, 2.75) is 13.1 Å². The second-order valence-electron chi connectivity index (χ2n) is 5.98. The summed E-state index contributed by atoms with van der Waals surface area (Å²) in [6, 6.07) is 14.4. The number of aromatic nitrogens is 1. The Morgan fingerprint density at radius 3 is 2.48 bits per heavy atom. The van der Waals surface area contributed by atoms with E-state index in [2.05, 4.69) is 81.1 Å². The summed E-state index contributed by atoms with van der Waals surface area (Å²) in [4.78, 5) is 6.10. The van der Waals surface area contributed by atoms with Gasteiger partial charge in [-0.3, -0.25) is 0 Å². The van der Waals surface area contributed by atoms with Crippen molar-refractivity contribution < 1.29 is 4.42 Å². The van der Waals surface area contributed by atoms with Gasteiger partial charge < -0.3 is 9.32 Å². The zero-order chi connectivity index (χ0) is 17.6. The van der Waals surface area contributed by atoms with Gasteiger partial charge in [0.05, 0.1) is 18.4 Å². The minimum absolute atomic E-state index is 0.572. The second kappa shape index (κ2) is 8.35. The first-order valence-corrected chi connectivity index (χ1v) is 8.98. The number of oxazole rings is 1. The predicted octanol–water partition coefficient (Wildman–Crippen LogP) is 5.29. The Balaban J connectivity index is 1.63. The largest absolute Gasteiger partial charge is 0.443 e. The van der Waals surface area contributed by atoms with E-state index in [1.807, 2.05) is 18.2 Å². The van der Waals surface area contributed by atoms with Crippen LogP contribution in [0.25, 0.3) is 11.3 Å². The summed E-state index contributed by atoms with van der Waals surface area (Å²) in [6.45, 7) is 1.51. The molecule has 0 N–H and O–H groups in total. The number of hydrogen-bond acceptors (Lipinski definition) is 5. The lowest BCUT2D eigenvalue weighted by Crippen LogP contribution is -2.10. The average molecular weight is 446 g/mol. The molecule has 128 valence electrons. The van der Waals surface area contributed by atoms with Crippen LogP contribution < -0.4 is 0 Å². The lowest BCUT2D eigenvalue weighted by molar-refractivity contribution is 0.402. The fourth-order valence-electron chi connectivity index (χ4n) is 2.43. The maximum absolute atomic E-state index is 5.34. The van der Waals surface area contributed by atoms with Crippen LogP contribution in [0.5, 0.6) is 0 Å². The summed E-state index contributed by atoms with van der Waals surface area (Å²) in [5.41, 5.74) is 4.29. The highest BCUT2D eigenvalue weighted by atomic mass is 127. The van der Waals surface area contributed by atoms with Gasteiger partial charge in [-0.05, 0) is 66.0 Å². The molecule has 3 rings (SSSR count). The van der Waals surface area contributed by atoms with Gasteiger partial charge in [0.15, 0.2) is 12.2 Å². The molecule has 2 aromatic carbocycles. The number of hydrogen-bond donors (Lipinski definition) is 0. The zero-order valence-corrected chi connectivity index (χ0v) is 16.3. The Bertz CT molecular complexity index is 842. The molecular weight excluding hydrogens is 427 g/mol. The summed E-state index contributed by atoms with van der Waals surface area (Å²) in [7, 11) is 4.13. The molecule has 0 fully saturated rings. The monoisotopic (exact) mass is 446 g/mol. The molecule has 0 saturated heterocycles. The Hall–Kier alpha value is -2.06. The molecule has 0 amide bonds. The molecule has 0 aliphatic rings. The van der Waals surface area contributed by atoms with Crippen LogP contribution >= 0.6 is 22.6 Å². The van der Waals surface area contributed by atoms with Crippen molar-refractivity contribution in [1.29, 1.82) is 0 Å². The fraction of sp³-hybridized carbons (Fsp3) is 0.211. The number of halogens is 1. The fourth-order valence-corrected chi connectivity index (χ4v) is 3.19. The topological polar surface area (TPSA) is 54.0 Å². The summed E-state index contributed by atoms with van der Waals surface area (Å²) in [6.07, 6.45) is 3.14. The van der Waals surface area contributed by atoms with Gasteiger partial charge in [-0.1, -0.05) is 24.3 Å². The van der Waals surface area contributed by atoms with Crippen LogP contribution in [0.15, 0.2) is 69.7 Å². The molecule has 3 aromatic rings. The van der Waals surface area contributed by atoms with Gasteiger partial charge in [0.2, 0.25) is 0 Å². The smallest absolute Gasteiger partial charge is 0.181 e. The van der Waals surface area contributed by atoms with Crippen LogP contribution in [-0.4, -0.2) is 24.0 Å². The Morgan fingerprint density at radius 1 is 1.08 bits per heavy atom. The molecule has 0 spiro atoms. The van der Waals surface area contributed by atoms with Crippen molar-refractivity contribution in [2.24, 2.45) is 10.2 Å². The van der Waals surface area contributed by atoms with Crippen molar-refractivity contribution in [3.63, 3.8) is 0 Å². The standard InChI is InChI=1S/C19H19IN4O/c1-24(2)12-15-5-3-14(4-6-15)10-22-23-16-7-8-17(18(20)9-16)19-11-21-13-25-19/h3-9,11,13H,10,12H2,1-2H3. The van der Waals surface area contributed by atoms with Crippen LogP contribution in [0.1, 0.15) is 11.1 Å². The molecule has 1 heterocycles. The molecule has 5 nitrogen and oxygen atoms in total. The van der Waals surface area contributed by atoms with E-state index in [9.17, 15) is 0 Å². The first kappa shape index (κ1) is 17.8. The van der Waals surface area contributed by atoms with Crippen molar-refractivity contribution in [2.75, 3.05) is 14.1 Å². The van der Waals surface area contributed by atoms with Crippen LogP contribution in [0.4, 0.5) is 5.69 Å². The van der Waals surface area contributed by atoms with Gasteiger partial charge in [-0.25, -0.2) is 4.98 Å². The first-order chi connectivity index (χ1) is 12.1. The number of rotatable bonds is 6. The van der Waals surface area contributed by atoms with Crippen LogP contribution in [0, 0.1) is 3.57 Å². The Labute approximate surface area is 160 Å². The molecule has 0 aliphatic carbocycles. The predicted molar refractivity (Wildman–Crippen MR) is 107 cm³/mol. The highest BCUT2D eigenvalue weighted by Crippen LogP contribution is 2.28. The number of nitrogens with zero attached hydrogens (tertiary/aromatic N) is 4. The van der Waals surface area contributed by atoms with Crippen molar-refractivity contribution in [1.82, 2.24) is 9.88 Å². The van der Waals surface area contributed by atoms with Crippen molar-refractivity contribution in [3.8, 4) is 11.3 Å². The van der Waals surface area contributed by atoms with E-state index in [0.717, 1.165) is 32.7 Å². The number of benzene rings is 2. The zero-order valence-electron chi connectivity index (χ0n) is 14.2. The average Bonchev–Trinajstić information content (AvgIpc) is 3.10. The third-order valence-corrected chi connectivity index (χ3v) is 4.50. The van der Waals surface area contributed by atoms with Crippen LogP contribution in [0.2, 0.25) is 0 Å². The van der Waals surface area contributed by atoms with Crippen LogP contribution in [-0.2, 0) is 13.1 Å². The van der Waals surface area contributed by atoms with Gasteiger partial charge in [0, 0.05) is 15.7 Å². The van der Waals surface area contributed by atoms with E-state index in [-0.39, 0.29) is 0 Å².